The van der Waals surface area contributed by atoms with Gasteiger partial charge in [0, 0.05) is 5.56 Å². The van der Waals surface area contributed by atoms with Crippen LogP contribution < -0.4 is 0 Å². The molecule has 0 aliphatic carbocycles. The highest BCUT2D eigenvalue weighted by atomic mass is 19.4. The summed E-state index contributed by atoms with van der Waals surface area (Å²) in [6, 6.07) is 6.03. The fourth-order valence-electron chi connectivity index (χ4n) is 1.66. The normalized spacial score (nSPS) is 15.4. The minimum Gasteiger partial charge on any atom is -0.472 e. The van der Waals surface area contributed by atoms with Gasteiger partial charge in [-0.25, -0.2) is 4.39 Å². The van der Waals surface area contributed by atoms with Gasteiger partial charge in [-0.1, -0.05) is 18.2 Å². The van der Waals surface area contributed by atoms with Crippen LogP contribution in [0.4, 0.5) is 17.6 Å². The zero-order valence-electron chi connectivity index (χ0n) is 10.1. The van der Waals surface area contributed by atoms with Crippen molar-refractivity contribution in [3.05, 3.63) is 65.9 Å². The number of hydrogen-bond acceptors (Lipinski definition) is 2. The fourth-order valence-corrected chi connectivity index (χ4v) is 1.66. The highest BCUT2D eigenvalue weighted by Crippen LogP contribution is 2.40. The Hall–Kier alpha value is -2.08. The molecule has 20 heavy (non-hydrogen) atoms. The van der Waals surface area contributed by atoms with Gasteiger partial charge in [0.05, 0.1) is 12.5 Å². The molecule has 1 aromatic carbocycles. The van der Waals surface area contributed by atoms with Gasteiger partial charge in [0.1, 0.15) is 5.82 Å². The van der Waals surface area contributed by atoms with Crippen LogP contribution >= 0.6 is 0 Å². The summed E-state index contributed by atoms with van der Waals surface area (Å²) in [7, 11) is 0. The van der Waals surface area contributed by atoms with E-state index in [1.54, 1.807) is 0 Å². The van der Waals surface area contributed by atoms with Gasteiger partial charge in [-0.2, -0.15) is 13.2 Å². The maximum Gasteiger partial charge on any atom is 0.425 e. The summed E-state index contributed by atoms with van der Waals surface area (Å²) in [5.74, 6) is -0.578. The molecule has 0 saturated heterocycles. The minimum atomic E-state index is -4.93. The van der Waals surface area contributed by atoms with Gasteiger partial charge < -0.3 is 9.52 Å². The van der Waals surface area contributed by atoms with Gasteiger partial charge in [-0.15, -0.1) is 0 Å². The molecule has 1 heterocycles. The molecule has 0 amide bonds. The lowest BCUT2D eigenvalue weighted by atomic mass is 9.94. The molecule has 0 spiro atoms. The Kier molecular flexibility index (Phi) is 3.67. The lowest BCUT2D eigenvalue weighted by Crippen LogP contribution is -2.40. The van der Waals surface area contributed by atoms with Gasteiger partial charge in [-0.05, 0) is 29.8 Å². The molecule has 1 aromatic heterocycles. The second-order valence-corrected chi connectivity index (χ2v) is 4.16. The summed E-state index contributed by atoms with van der Waals surface area (Å²) < 4.78 is 56.6. The highest BCUT2D eigenvalue weighted by Gasteiger charge is 2.53. The van der Waals surface area contributed by atoms with Gasteiger partial charge in [-0.3, -0.25) is 0 Å². The summed E-state index contributed by atoms with van der Waals surface area (Å²) in [6.45, 7) is 0. The first-order valence-electron chi connectivity index (χ1n) is 5.59. The first kappa shape index (κ1) is 14.3. The van der Waals surface area contributed by atoms with Crippen molar-refractivity contribution in [2.45, 2.75) is 11.8 Å². The van der Waals surface area contributed by atoms with Crippen molar-refractivity contribution in [3.8, 4) is 0 Å². The summed E-state index contributed by atoms with van der Waals surface area (Å²) in [5, 5.41) is 9.87. The average molecular weight is 286 g/mol. The third-order valence-electron chi connectivity index (χ3n) is 2.76. The number of aliphatic hydroxyl groups is 1. The van der Waals surface area contributed by atoms with E-state index in [-0.39, 0.29) is 5.56 Å². The average Bonchev–Trinajstić information content (AvgIpc) is 2.89. The van der Waals surface area contributed by atoms with Gasteiger partial charge >= 0.3 is 6.18 Å². The van der Waals surface area contributed by atoms with E-state index < -0.39 is 23.2 Å². The molecule has 6 heteroatoms. The molecule has 106 valence electrons. The van der Waals surface area contributed by atoms with Crippen molar-refractivity contribution >= 4 is 6.08 Å². The standard InChI is InChI=1S/C14H10F4O2/c15-12-3-1-2-10(8-12)4-6-13(19,14(16,17)18)11-5-7-20-9-11/h1-9,19H. The summed E-state index contributed by atoms with van der Waals surface area (Å²) in [5.41, 5.74) is -3.43. The zero-order valence-corrected chi connectivity index (χ0v) is 10.1. The maximum atomic E-state index is 13.0. The molecule has 0 aliphatic rings. The van der Waals surface area contributed by atoms with Crippen molar-refractivity contribution in [2.75, 3.05) is 0 Å². The van der Waals surface area contributed by atoms with E-state index in [1.165, 1.54) is 18.2 Å². The van der Waals surface area contributed by atoms with Gasteiger partial charge in [0.15, 0.2) is 0 Å². The van der Waals surface area contributed by atoms with E-state index in [4.69, 9.17) is 0 Å². The van der Waals surface area contributed by atoms with Crippen LogP contribution in [-0.4, -0.2) is 11.3 Å². The van der Waals surface area contributed by atoms with Crippen LogP contribution in [-0.2, 0) is 5.60 Å². The van der Waals surface area contributed by atoms with E-state index in [0.717, 1.165) is 30.7 Å². The van der Waals surface area contributed by atoms with E-state index in [9.17, 15) is 22.7 Å². The number of benzene rings is 1. The van der Waals surface area contributed by atoms with Crippen LogP contribution in [0.3, 0.4) is 0 Å². The molecule has 1 atom stereocenters. The zero-order chi connectivity index (χ0) is 14.8. The van der Waals surface area contributed by atoms with Gasteiger partial charge in [0.2, 0.25) is 5.60 Å². The Balaban J connectivity index is 2.40. The first-order chi connectivity index (χ1) is 9.33. The number of halogens is 4. The summed E-state index contributed by atoms with van der Waals surface area (Å²) in [4.78, 5) is 0. The Morgan fingerprint density at radius 2 is 1.90 bits per heavy atom. The Morgan fingerprint density at radius 3 is 2.45 bits per heavy atom. The highest BCUT2D eigenvalue weighted by molar-refractivity contribution is 5.52. The molecule has 1 N–H and O–H groups in total. The SMILES string of the molecule is OC(C=Cc1cccc(F)c1)(c1ccoc1)C(F)(F)F. The van der Waals surface area contributed by atoms with E-state index in [0.29, 0.717) is 6.08 Å². The summed E-state index contributed by atoms with van der Waals surface area (Å²) in [6.07, 6.45) is -1.53. The van der Waals surface area contributed by atoms with Gasteiger partial charge in [0.25, 0.3) is 0 Å². The Bertz CT molecular complexity index is 602. The molecule has 1 unspecified atom stereocenters. The third kappa shape index (κ3) is 2.75. The quantitative estimate of drug-likeness (QED) is 0.869. The van der Waals surface area contributed by atoms with Crippen molar-refractivity contribution in [3.63, 3.8) is 0 Å². The number of furan rings is 1. The fraction of sp³-hybridized carbons (Fsp3) is 0.143. The maximum absolute atomic E-state index is 13.0. The molecule has 0 fully saturated rings. The van der Waals surface area contributed by atoms with E-state index in [1.807, 2.05) is 0 Å². The molecule has 2 aromatic rings. The summed E-state index contributed by atoms with van der Waals surface area (Å²) >= 11 is 0. The molecule has 2 nitrogen and oxygen atoms in total. The van der Waals surface area contributed by atoms with Crippen LogP contribution in [0.1, 0.15) is 11.1 Å². The van der Waals surface area contributed by atoms with Crippen molar-refractivity contribution in [1.82, 2.24) is 0 Å². The van der Waals surface area contributed by atoms with Crippen molar-refractivity contribution < 1.29 is 27.1 Å². The lowest BCUT2D eigenvalue weighted by molar-refractivity contribution is -0.245. The smallest absolute Gasteiger partial charge is 0.425 e. The molecule has 0 aliphatic heterocycles. The topological polar surface area (TPSA) is 33.4 Å². The van der Waals surface area contributed by atoms with E-state index >= 15 is 0 Å². The molecular formula is C14H10F4O2. The lowest BCUT2D eigenvalue weighted by Gasteiger charge is -2.26. The van der Waals surface area contributed by atoms with Crippen LogP contribution in [0, 0.1) is 5.82 Å². The van der Waals surface area contributed by atoms with Crippen molar-refractivity contribution in [1.29, 1.82) is 0 Å². The van der Waals surface area contributed by atoms with Crippen LogP contribution in [0.25, 0.3) is 6.08 Å². The third-order valence-corrected chi connectivity index (χ3v) is 2.76. The molecular weight excluding hydrogens is 276 g/mol. The Labute approximate surface area is 112 Å². The minimum absolute atomic E-state index is 0.205. The number of hydrogen-bond donors (Lipinski definition) is 1. The monoisotopic (exact) mass is 286 g/mol. The van der Waals surface area contributed by atoms with Crippen LogP contribution in [0.2, 0.25) is 0 Å². The predicted molar refractivity (Wildman–Crippen MR) is 64.1 cm³/mol. The first-order valence-corrected chi connectivity index (χ1v) is 5.59. The number of rotatable bonds is 3. The molecule has 2 rings (SSSR count). The second-order valence-electron chi connectivity index (χ2n) is 4.16. The largest absolute Gasteiger partial charge is 0.472 e. The molecule has 0 radical (unpaired) electrons. The predicted octanol–water partition coefficient (Wildman–Crippen LogP) is 3.88. The van der Waals surface area contributed by atoms with Crippen LogP contribution in [0.15, 0.2) is 53.4 Å². The molecule has 0 saturated carbocycles. The molecule has 0 bridgehead atoms. The van der Waals surface area contributed by atoms with Crippen LogP contribution in [0.5, 0.6) is 0 Å². The number of alkyl halides is 3. The van der Waals surface area contributed by atoms with Crippen molar-refractivity contribution in [2.24, 2.45) is 0 Å². The second kappa shape index (κ2) is 5.13. The van der Waals surface area contributed by atoms with E-state index in [2.05, 4.69) is 4.42 Å². The Morgan fingerprint density at radius 1 is 1.15 bits per heavy atom.